The number of carboxylic acid groups (broad SMARTS) is 1. The minimum atomic E-state index is -0.800. The first-order valence-electron chi connectivity index (χ1n) is 6.28. The van der Waals surface area contributed by atoms with Gasteiger partial charge in [0.1, 0.15) is 11.9 Å². The van der Waals surface area contributed by atoms with Crippen LogP contribution in [0.25, 0.3) is 0 Å². The van der Waals surface area contributed by atoms with Crippen molar-refractivity contribution in [1.29, 1.82) is 0 Å². The molecule has 3 nitrogen and oxygen atoms in total. The van der Waals surface area contributed by atoms with Crippen molar-refractivity contribution >= 4 is 5.97 Å². The van der Waals surface area contributed by atoms with E-state index in [9.17, 15) is 4.79 Å². The quantitative estimate of drug-likeness (QED) is 0.913. The molecule has 2 atom stereocenters. The van der Waals surface area contributed by atoms with E-state index in [4.69, 9.17) is 9.84 Å². The van der Waals surface area contributed by atoms with Crippen LogP contribution in [0.3, 0.4) is 0 Å². The second-order valence-corrected chi connectivity index (χ2v) is 4.69. The van der Waals surface area contributed by atoms with Gasteiger partial charge in [-0.05, 0) is 11.6 Å². The van der Waals surface area contributed by atoms with Crippen molar-refractivity contribution in [3.05, 3.63) is 65.7 Å². The van der Waals surface area contributed by atoms with E-state index in [2.05, 4.69) is 0 Å². The van der Waals surface area contributed by atoms with Crippen molar-refractivity contribution in [1.82, 2.24) is 0 Å². The second kappa shape index (κ2) is 4.76. The van der Waals surface area contributed by atoms with Crippen LogP contribution in [-0.4, -0.2) is 11.1 Å². The van der Waals surface area contributed by atoms with E-state index < -0.39 is 5.97 Å². The molecule has 0 amide bonds. The Morgan fingerprint density at radius 3 is 2.47 bits per heavy atom. The Bertz CT molecular complexity index is 592. The highest BCUT2D eigenvalue weighted by atomic mass is 16.5. The lowest BCUT2D eigenvalue weighted by molar-refractivity contribution is -0.137. The fourth-order valence-electron chi connectivity index (χ4n) is 2.62. The van der Waals surface area contributed by atoms with E-state index in [1.165, 1.54) is 0 Å². The number of hydrogen-bond acceptors (Lipinski definition) is 2. The monoisotopic (exact) mass is 254 g/mol. The summed E-state index contributed by atoms with van der Waals surface area (Å²) < 4.78 is 5.94. The summed E-state index contributed by atoms with van der Waals surface area (Å²) in [6.07, 6.45) is -0.133. The molecule has 0 aliphatic carbocycles. The second-order valence-electron chi connectivity index (χ2n) is 4.69. The third-order valence-electron chi connectivity index (χ3n) is 3.46. The van der Waals surface area contributed by atoms with Crippen LogP contribution < -0.4 is 4.74 Å². The fourth-order valence-corrected chi connectivity index (χ4v) is 2.62. The molecule has 1 heterocycles. The predicted molar refractivity (Wildman–Crippen MR) is 71.2 cm³/mol. The maximum atomic E-state index is 11.1. The minimum Gasteiger partial charge on any atom is -0.485 e. The summed E-state index contributed by atoms with van der Waals surface area (Å²) in [6.45, 7) is 0. The van der Waals surface area contributed by atoms with Gasteiger partial charge in [0.2, 0.25) is 0 Å². The number of fused-ring (bicyclic) bond motifs is 1. The molecular formula is C16H14O3. The summed E-state index contributed by atoms with van der Waals surface area (Å²) in [4.78, 5) is 11.1. The number of benzene rings is 2. The molecule has 2 aromatic rings. The van der Waals surface area contributed by atoms with E-state index in [-0.39, 0.29) is 18.4 Å². The van der Waals surface area contributed by atoms with Gasteiger partial charge in [-0.25, -0.2) is 0 Å². The number of carboxylic acids is 1. The maximum Gasteiger partial charge on any atom is 0.304 e. The zero-order chi connectivity index (χ0) is 13.2. The van der Waals surface area contributed by atoms with Gasteiger partial charge in [0.05, 0.1) is 6.42 Å². The van der Waals surface area contributed by atoms with E-state index in [1.54, 1.807) is 0 Å². The van der Waals surface area contributed by atoms with Gasteiger partial charge in [0.25, 0.3) is 0 Å². The molecule has 3 rings (SSSR count). The lowest BCUT2D eigenvalue weighted by atomic mass is 9.88. The fraction of sp³-hybridized carbons (Fsp3) is 0.188. The Labute approximate surface area is 111 Å². The van der Waals surface area contributed by atoms with E-state index in [0.717, 1.165) is 16.9 Å². The Morgan fingerprint density at radius 1 is 1.05 bits per heavy atom. The first-order valence-corrected chi connectivity index (χ1v) is 6.28. The molecule has 0 saturated carbocycles. The van der Waals surface area contributed by atoms with Gasteiger partial charge < -0.3 is 9.84 Å². The van der Waals surface area contributed by atoms with Gasteiger partial charge in [-0.2, -0.15) is 0 Å². The minimum absolute atomic E-state index is 0.0799. The molecule has 0 aromatic heterocycles. The van der Waals surface area contributed by atoms with Gasteiger partial charge in [-0.1, -0.05) is 48.5 Å². The topological polar surface area (TPSA) is 46.5 Å². The Balaban J connectivity index is 2.00. The number of ether oxygens (including phenoxy) is 1. The molecule has 0 unspecified atom stereocenters. The summed E-state index contributed by atoms with van der Waals surface area (Å²) in [7, 11) is 0. The smallest absolute Gasteiger partial charge is 0.304 e. The molecular weight excluding hydrogens is 240 g/mol. The highest BCUT2D eigenvalue weighted by molar-refractivity contribution is 5.69. The molecule has 0 spiro atoms. The van der Waals surface area contributed by atoms with Gasteiger partial charge in [0, 0.05) is 11.5 Å². The van der Waals surface area contributed by atoms with Crippen molar-refractivity contribution in [3.63, 3.8) is 0 Å². The molecule has 3 heteroatoms. The van der Waals surface area contributed by atoms with Crippen LogP contribution in [0.4, 0.5) is 0 Å². The van der Waals surface area contributed by atoms with Crippen LogP contribution in [0, 0.1) is 0 Å². The lowest BCUT2D eigenvalue weighted by Crippen LogP contribution is -2.13. The SMILES string of the molecule is O=C(O)C[C@@H]1c2ccccc2O[C@@H]1c1ccccc1. The zero-order valence-electron chi connectivity index (χ0n) is 10.3. The zero-order valence-corrected chi connectivity index (χ0v) is 10.3. The third-order valence-corrected chi connectivity index (χ3v) is 3.46. The molecule has 96 valence electrons. The van der Waals surface area contributed by atoms with Crippen molar-refractivity contribution in [2.24, 2.45) is 0 Å². The molecule has 1 aliphatic heterocycles. The molecule has 1 aliphatic rings. The van der Waals surface area contributed by atoms with Crippen molar-refractivity contribution in [2.45, 2.75) is 18.4 Å². The summed E-state index contributed by atoms with van der Waals surface area (Å²) >= 11 is 0. The van der Waals surface area contributed by atoms with Crippen molar-refractivity contribution < 1.29 is 14.6 Å². The predicted octanol–water partition coefficient (Wildman–Crippen LogP) is 3.38. The molecule has 0 bridgehead atoms. The Morgan fingerprint density at radius 2 is 1.74 bits per heavy atom. The number of aliphatic carboxylic acids is 1. The van der Waals surface area contributed by atoms with Crippen LogP contribution >= 0.6 is 0 Å². The van der Waals surface area contributed by atoms with Gasteiger partial charge >= 0.3 is 5.97 Å². The number of carbonyl (C=O) groups is 1. The molecule has 0 fully saturated rings. The van der Waals surface area contributed by atoms with E-state index in [0.29, 0.717) is 0 Å². The average Bonchev–Trinajstić information content (AvgIpc) is 2.78. The number of para-hydroxylation sites is 1. The molecule has 2 aromatic carbocycles. The molecule has 19 heavy (non-hydrogen) atoms. The Kier molecular flexibility index (Phi) is 2.95. The summed E-state index contributed by atoms with van der Waals surface area (Å²) in [6, 6.07) is 17.5. The van der Waals surface area contributed by atoms with Crippen molar-refractivity contribution in [3.8, 4) is 5.75 Å². The van der Waals surface area contributed by atoms with Gasteiger partial charge in [-0.3, -0.25) is 4.79 Å². The van der Waals surface area contributed by atoms with Gasteiger partial charge in [0.15, 0.2) is 0 Å². The first-order chi connectivity index (χ1) is 9.25. The third kappa shape index (κ3) is 2.19. The van der Waals surface area contributed by atoms with E-state index in [1.807, 2.05) is 54.6 Å². The normalized spacial score (nSPS) is 20.6. The summed E-state index contributed by atoms with van der Waals surface area (Å²) in [5.41, 5.74) is 2.00. The van der Waals surface area contributed by atoms with Crippen LogP contribution in [0.15, 0.2) is 54.6 Å². The van der Waals surface area contributed by atoms with Gasteiger partial charge in [-0.15, -0.1) is 0 Å². The Hall–Kier alpha value is -2.29. The molecule has 1 N–H and O–H groups in total. The average molecular weight is 254 g/mol. The van der Waals surface area contributed by atoms with Crippen LogP contribution in [-0.2, 0) is 4.79 Å². The van der Waals surface area contributed by atoms with E-state index >= 15 is 0 Å². The highest BCUT2D eigenvalue weighted by Gasteiger charge is 2.36. The largest absolute Gasteiger partial charge is 0.485 e. The van der Waals surface area contributed by atoms with Crippen LogP contribution in [0.5, 0.6) is 5.75 Å². The van der Waals surface area contributed by atoms with Crippen molar-refractivity contribution in [2.75, 3.05) is 0 Å². The number of hydrogen-bond donors (Lipinski definition) is 1. The van der Waals surface area contributed by atoms with Crippen LogP contribution in [0.2, 0.25) is 0 Å². The lowest BCUT2D eigenvalue weighted by Gasteiger charge is -2.18. The first kappa shape index (κ1) is 11.8. The molecule has 0 saturated heterocycles. The number of rotatable bonds is 3. The summed E-state index contributed by atoms with van der Waals surface area (Å²) in [5, 5.41) is 9.11. The summed E-state index contributed by atoms with van der Waals surface area (Å²) in [5.74, 6) is -0.134. The van der Waals surface area contributed by atoms with Crippen LogP contribution in [0.1, 0.15) is 29.6 Å². The highest BCUT2D eigenvalue weighted by Crippen LogP contribution is 2.47. The standard InChI is InChI=1S/C16H14O3/c17-15(18)10-13-12-8-4-5-9-14(12)19-16(13)11-6-2-1-3-7-11/h1-9,13,16H,10H2,(H,17,18)/t13-,16-/m1/s1. The molecule has 0 radical (unpaired) electrons. The maximum absolute atomic E-state index is 11.1.